The van der Waals surface area contributed by atoms with Gasteiger partial charge in [0.05, 0.1) is 0 Å². The Labute approximate surface area is 123 Å². The summed E-state index contributed by atoms with van der Waals surface area (Å²) < 4.78 is 10.6. The highest BCUT2D eigenvalue weighted by molar-refractivity contribution is 5.94. The molecule has 2 aromatic rings. The van der Waals surface area contributed by atoms with Crippen LogP contribution in [0.2, 0.25) is 0 Å². The van der Waals surface area contributed by atoms with Gasteiger partial charge in [-0.15, -0.1) is 0 Å². The van der Waals surface area contributed by atoms with Crippen molar-refractivity contribution in [2.75, 3.05) is 6.79 Å². The minimum atomic E-state index is -0.0667. The Morgan fingerprint density at radius 1 is 1.10 bits per heavy atom. The number of fused-ring (bicyclic) bond motifs is 1. The molecular weight excluding hydrogens is 266 g/mol. The molecule has 0 unspecified atom stereocenters. The molecule has 1 heterocycles. The van der Waals surface area contributed by atoms with E-state index in [9.17, 15) is 4.79 Å². The molecule has 4 nitrogen and oxygen atoms in total. The second-order valence-corrected chi connectivity index (χ2v) is 4.92. The zero-order chi connectivity index (χ0) is 14.7. The first-order valence-electron chi connectivity index (χ1n) is 7.02. The highest BCUT2D eigenvalue weighted by Gasteiger charge is 2.13. The molecule has 0 fully saturated rings. The number of aryl methyl sites for hydroxylation is 1. The van der Waals surface area contributed by atoms with Gasteiger partial charge in [-0.2, -0.15) is 0 Å². The third kappa shape index (κ3) is 2.99. The fraction of sp³-hybridized carbons (Fsp3) is 0.235. The highest BCUT2D eigenvalue weighted by Crippen LogP contribution is 2.32. The summed E-state index contributed by atoms with van der Waals surface area (Å²) in [6.45, 7) is 2.80. The van der Waals surface area contributed by atoms with E-state index in [2.05, 4.69) is 12.2 Å². The van der Waals surface area contributed by atoms with Crippen LogP contribution in [0.25, 0.3) is 0 Å². The second kappa shape index (κ2) is 5.87. The van der Waals surface area contributed by atoms with E-state index in [1.165, 1.54) is 0 Å². The summed E-state index contributed by atoms with van der Waals surface area (Å²) in [6, 6.07) is 13.4. The summed E-state index contributed by atoms with van der Waals surface area (Å²) in [5.74, 6) is 1.42. The summed E-state index contributed by atoms with van der Waals surface area (Å²) in [5, 5.41) is 2.92. The zero-order valence-electron chi connectivity index (χ0n) is 11.9. The number of hydrogen-bond acceptors (Lipinski definition) is 3. The molecule has 0 atom stereocenters. The SMILES string of the molecule is CCc1cccc(C(=O)NCc2ccc3c(c2)OCO3)c1. The van der Waals surface area contributed by atoms with Gasteiger partial charge in [0, 0.05) is 12.1 Å². The fourth-order valence-electron chi connectivity index (χ4n) is 2.27. The van der Waals surface area contributed by atoms with Crippen LogP contribution < -0.4 is 14.8 Å². The van der Waals surface area contributed by atoms with Gasteiger partial charge in [-0.25, -0.2) is 0 Å². The average molecular weight is 283 g/mol. The van der Waals surface area contributed by atoms with Crippen molar-refractivity contribution in [1.29, 1.82) is 0 Å². The molecule has 1 amide bonds. The molecule has 0 saturated heterocycles. The summed E-state index contributed by atoms with van der Waals surface area (Å²) in [7, 11) is 0. The van der Waals surface area contributed by atoms with Gasteiger partial charge < -0.3 is 14.8 Å². The number of nitrogens with one attached hydrogen (secondary N) is 1. The van der Waals surface area contributed by atoms with E-state index in [1.807, 2.05) is 42.5 Å². The lowest BCUT2D eigenvalue weighted by molar-refractivity contribution is 0.0950. The molecule has 0 bridgehead atoms. The van der Waals surface area contributed by atoms with Crippen LogP contribution in [0.15, 0.2) is 42.5 Å². The maximum absolute atomic E-state index is 12.2. The van der Waals surface area contributed by atoms with Crippen molar-refractivity contribution in [3.8, 4) is 11.5 Å². The highest BCUT2D eigenvalue weighted by atomic mass is 16.7. The van der Waals surface area contributed by atoms with Crippen molar-refractivity contribution < 1.29 is 14.3 Å². The molecule has 0 spiro atoms. The molecule has 1 N–H and O–H groups in total. The van der Waals surface area contributed by atoms with E-state index in [4.69, 9.17) is 9.47 Å². The summed E-state index contributed by atoms with van der Waals surface area (Å²) >= 11 is 0. The van der Waals surface area contributed by atoms with Crippen LogP contribution in [-0.2, 0) is 13.0 Å². The smallest absolute Gasteiger partial charge is 0.251 e. The van der Waals surface area contributed by atoms with Crippen LogP contribution in [0.3, 0.4) is 0 Å². The Morgan fingerprint density at radius 3 is 2.81 bits per heavy atom. The van der Waals surface area contributed by atoms with Crippen molar-refractivity contribution >= 4 is 5.91 Å². The molecule has 2 aromatic carbocycles. The van der Waals surface area contributed by atoms with E-state index in [1.54, 1.807) is 0 Å². The maximum Gasteiger partial charge on any atom is 0.251 e. The van der Waals surface area contributed by atoms with Crippen molar-refractivity contribution in [3.05, 3.63) is 59.2 Å². The molecule has 1 aliphatic rings. The fourth-order valence-corrected chi connectivity index (χ4v) is 2.27. The Balaban J connectivity index is 1.65. The molecule has 0 aromatic heterocycles. The van der Waals surface area contributed by atoms with Gasteiger partial charge in [-0.1, -0.05) is 25.1 Å². The van der Waals surface area contributed by atoms with Crippen LogP contribution in [0.5, 0.6) is 11.5 Å². The van der Waals surface area contributed by atoms with E-state index in [0.717, 1.165) is 29.0 Å². The Morgan fingerprint density at radius 2 is 1.95 bits per heavy atom. The number of carbonyl (C=O) groups excluding carboxylic acids is 1. The predicted octanol–water partition coefficient (Wildman–Crippen LogP) is 2.91. The quantitative estimate of drug-likeness (QED) is 0.938. The number of ether oxygens (including phenoxy) is 2. The zero-order valence-corrected chi connectivity index (χ0v) is 11.9. The molecule has 0 aliphatic carbocycles. The lowest BCUT2D eigenvalue weighted by Gasteiger charge is -2.07. The van der Waals surface area contributed by atoms with E-state index >= 15 is 0 Å². The standard InChI is InChI=1S/C17H17NO3/c1-2-12-4-3-5-14(8-12)17(19)18-10-13-6-7-15-16(9-13)21-11-20-15/h3-9H,2,10-11H2,1H3,(H,18,19). The van der Waals surface area contributed by atoms with Crippen molar-refractivity contribution in [2.45, 2.75) is 19.9 Å². The van der Waals surface area contributed by atoms with Crippen LogP contribution in [-0.4, -0.2) is 12.7 Å². The van der Waals surface area contributed by atoms with Gasteiger partial charge in [0.1, 0.15) is 0 Å². The molecular formula is C17H17NO3. The Kier molecular flexibility index (Phi) is 3.77. The van der Waals surface area contributed by atoms with Gasteiger partial charge in [-0.3, -0.25) is 4.79 Å². The van der Waals surface area contributed by atoms with Gasteiger partial charge >= 0.3 is 0 Å². The van der Waals surface area contributed by atoms with Gasteiger partial charge in [0.15, 0.2) is 11.5 Å². The summed E-state index contributed by atoms with van der Waals surface area (Å²) in [4.78, 5) is 12.2. The normalized spacial score (nSPS) is 12.2. The topological polar surface area (TPSA) is 47.6 Å². The van der Waals surface area contributed by atoms with E-state index in [-0.39, 0.29) is 12.7 Å². The lowest BCUT2D eigenvalue weighted by atomic mass is 10.1. The van der Waals surface area contributed by atoms with Gasteiger partial charge in [-0.05, 0) is 41.8 Å². The summed E-state index contributed by atoms with van der Waals surface area (Å²) in [6.07, 6.45) is 0.920. The monoisotopic (exact) mass is 283 g/mol. The Hall–Kier alpha value is -2.49. The minimum absolute atomic E-state index is 0.0667. The van der Waals surface area contributed by atoms with Crippen LogP contribution >= 0.6 is 0 Å². The first kappa shape index (κ1) is 13.5. The first-order valence-corrected chi connectivity index (χ1v) is 7.02. The molecule has 4 heteroatoms. The third-order valence-corrected chi connectivity index (χ3v) is 3.49. The van der Waals surface area contributed by atoms with E-state index in [0.29, 0.717) is 12.1 Å². The number of amides is 1. The van der Waals surface area contributed by atoms with Crippen LogP contribution in [0.1, 0.15) is 28.4 Å². The molecule has 3 rings (SSSR count). The molecule has 1 aliphatic heterocycles. The molecule has 108 valence electrons. The largest absolute Gasteiger partial charge is 0.454 e. The summed E-state index contributed by atoms with van der Waals surface area (Å²) in [5.41, 5.74) is 2.83. The van der Waals surface area contributed by atoms with Crippen LogP contribution in [0.4, 0.5) is 0 Å². The number of rotatable bonds is 4. The van der Waals surface area contributed by atoms with Gasteiger partial charge in [0.2, 0.25) is 6.79 Å². The van der Waals surface area contributed by atoms with E-state index < -0.39 is 0 Å². The van der Waals surface area contributed by atoms with Crippen molar-refractivity contribution in [1.82, 2.24) is 5.32 Å². The van der Waals surface area contributed by atoms with Crippen molar-refractivity contribution in [2.24, 2.45) is 0 Å². The van der Waals surface area contributed by atoms with Crippen molar-refractivity contribution in [3.63, 3.8) is 0 Å². The molecule has 21 heavy (non-hydrogen) atoms. The molecule has 0 saturated carbocycles. The van der Waals surface area contributed by atoms with Gasteiger partial charge in [0.25, 0.3) is 5.91 Å². The number of carbonyl (C=O) groups is 1. The predicted molar refractivity (Wildman–Crippen MR) is 79.6 cm³/mol. The number of benzene rings is 2. The Bertz CT molecular complexity index is 667. The first-order chi connectivity index (χ1) is 10.3. The number of hydrogen-bond donors (Lipinski definition) is 1. The third-order valence-electron chi connectivity index (χ3n) is 3.49. The minimum Gasteiger partial charge on any atom is -0.454 e. The maximum atomic E-state index is 12.2. The average Bonchev–Trinajstić information content (AvgIpc) is 3.00. The second-order valence-electron chi connectivity index (χ2n) is 4.92. The molecule has 0 radical (unpaired) electrons. The van der Waals surface area contributed by atoms with Crippen LogP contribution in [0, 0.1) is 0 Å². The lowest BCUT2D eigenvalue weighted by Crippen LogP contribution is -2.22.